The zero-order chi connectivity index (χ0) is 27.9. The second kappa shape index (κ2) is 9.92. The van der Waals surface area contributed by atoms with Crippen molar-refractivity contribution < 1.29 is 45.8 Å². The first kappa shape index (κ1) is 26.8. The van der Waals surface area contributed by atoms with Crippen LogP contribution in [0.2, 0.25) is 0 Å². The molecule has 3 aromatic carbocycles. The lowest BCUT2D eigenvalue weighted by Gasteiger charge is -2.18. The van der Waals surface area contributed by atoms with Crippen molar-refractivity contribution in [3.05, 3.63) is 93.5 Å². The third-order valence-electron chi connectivity index (χ3n) is 5.75. The van der Waals surface area contributed by atoms with Crippen molar-refractivity contribution in [3.8, 4) is 17.2 Å². The van der Waals surface area contributed by atoms with Crippen LogP contribution in [0.15, 0.2) is 42.2 Å². The summed E-state index contributed by atoms with van der Waals surface area (Å²) in [5.74, 6) is -14.3. The van der Waals surface area contributed by atoms with Crippen LogP contribution in [-0.4, -0.2) is 18.4 Å². The van der Waals surface area contributed by atoms with Gasteiger partial charge in [0.1, 0.15) is 11.5 Å². The lowest BCUT2D eigenvalue weighted by Crippen LogP contribution is -2.19. The minimum atomic E-state index is -2.35. The van der Waals surface area contributed by atoms with Crippen LogP contribution in [0.3, 0.4) is 0 Å². The van der Waals surface area contributed by atoms with E-state index in [-0.39, 0.29) is 34.0 Å². The van der Waals surface area contributed by atoms with E-state index in [1.54, 1.807) is 13.0 Å². The topological polar surface area (TPSA) is 61.8 Å². The van der Waals surface area contributed by atoms with Crippen molar-refractivity contribution in [2.45, 2.75) is 33.1 Å². The molecule has 0 saturated carbocycles. The Balaban J connectivity index is 1.48. The van der Waals surface area contributed by atoms with E-state index >= 15 is 0 Å². The molecule has 0 bridgehead atoms. The van der Waals surface area contributed by atoms with Crippen molar-refractivity contribution in [1.29, 1.82) is 0 Å². The summed E-state index contributed by atoms with van der Waals surface area (Å²) in [4.78, 5) is 25.1. The number of hydrogen-bond donors (Lipinski definition) is 0. The van der Waals surface area contributed by atoms with Gasteiger partial charge in [-0.05, 0) is 41.2 Å². The Morgan fingerprint density at radius 2 is 1.50 bits per heavy atom. The van der Waals surface area contributed by atoms with E-state index in [4.69, 9.17) is 9.47 Å². The van der Waals surface area contributed by atoms with Crippen LogP contribution in [0.5, 0.6) is 17.2 Å². The SMILES string of the molecule is Cc1cc(OC(=O)COc2c(F)c(F)c(F)c(F)c2F)cc2c1C(=O)/C(=C/c1ccc(C(C)(C)C)cc1)O2. The second-order valence-electron chi connectivity index (χ2n) is 9.59. The van der Waals surface area contributed by atoms with Gasteiger partial charge in [-0.15, -0.1) is 0 Å². The average Bonchev–Trinajstić information content (AvgIpc) is 3.16. The highest BCUT2D eigenvalue weighted by atomic mass is 19.2. The molecule has 0 spiro atoms. The number of carbonyl (C=O) groups excluding carboxylic acids is 2. The van der Waals surface area contributed by atoms with Gasteiger partial charge in [0.25, 0.3) is 0 Å². The van der Waals surface area contributed by atoms with Crippen molar-refractivity contribution in [1.82, 2.24) is 0 Å². The second-order valence-corrected chi connectivity index (χ2v) is 9.59. The lowest BCUT2D eigenvalue weighted by atomic mass is 9.86. The highest BCUT2D eigenvalue weighted by Crippen LogP contribution is 2.38. The van der Waals surface area contributed by atoms with E-state index < -0.39 is 47.4 Å². The summed E-state index contributed by atoms with van der Waals surface area (Å²) in [6.07, 6.45) is 1.58. The molecule has 1 aliphatic rings. The fourth-order valence-electron chi connectivity index (χ4n) is 3.77. The molecule has 0 N–H and O–H groups in total. The van der Waals surface area contributed by atoms with Crippen LogP contribution in [0, 0.1) is 36.0 Å². The fourth-order valence-corrected chi connectivity index (χ4v) is 3.77. The number of hydrogen-bond acceptors (Lipinski definition) is 5. The number of benzene rings is 3. The highest BCUT2D eigenvalue weighted by molar-refractivity contribution is 6.15. The Bertz CT molecular complexity index is 1460. The van der Waals surface area contributed by atoms with Gasteiger partial charge in [0.15, 0.2) is 18.1 Å². The first-order valence-corrected chi connectivity index (χ1v) is 11.3. The number of allylic oxidation sites excluding steroid dienone is 1. The molecule has 4 rings (SSSR count). The summed E-state index contributed by atoms with van der Waals surface area (Å²) in [5, 5.41) is 0. The summed E-state index contributed by atoms with van der Waals surface area (Å²) >= 11 is 0. The van der Waals surface area contributed by atoms with Crippen molar-refractivity contribution >= 4 is 17.8 Å². The quantitative estimate of drug-likeness (QED) is 0.0927. The molecule has 0 radical (unpaired) electrons. The monoisotopic (exact) mass is 532 g/mol. The van der Waals surface area contributed by atoms with Gasteiger partial charge < -0.3 is 14.2 Å². The molecule has 0 fully saturated rings. The molecule has 0 unspecified atom stereocenters. The molecular weight excluding hydrogens is 511 g/mol. The van der Waals surface area contributed by atoms with Crippen LogP contribution >= 0.6 is 0 Å². The van der Waals surface area contributed by atoms with Gasteiger partial charge in [-0.2, -0.15) is 8.78 Å². The van der Waals surface area contributed by atoms with Crippen molar-refractivity contribution in [3.63, 3.8) is 0 Å². The van der Waals surface area contributed by atoms with E-state index in [0.717, 1.165) is 11.1 Å². The molecule has 0 saturated heterocycles. The Kier molecular flexibility index (Phi) is 7.01. The third kappa shape index (κ3) is 5.11. The number of ketones is 1. The number of ether oxygens (including phenoxy) is 3. The number of carbonyl (C=O) groups is 2. The van der Waals surface area contributed by atoms with E-state index in [2.05, 4.69) is 25.5 Å². The minimum absolute atomic E-state index is 0.0364. The highest BCUT2D eigenvalue weighted by Gasteiger charge is 2.31. The molecule has 198 valence electrons. The maximum atomic E-state index is 13.7. The third-order valence-corrected chi connectivity index (χ3v) is 5.75. The van der Waals surface area contributed by atoms with Gasteiger partial charge in [0.2, 0.25) is 34.9 Å². The first-order chi connectivity index (χ1) is 17.8. The largest absolute Gasteiger partial charge is 0.476 e. The Labute approximate surface area is 214 Å². The van der Waals surface area contributed by atoms with Crippen LogP contribution in [-0.2, 0) is 10.2 Å². The average molecular weight is 532 g/mol. The summed E-state index contributed by atoms with van der Waals surface area (Å²) in [7, 11) is 0. The zero-order valence-corrected chi connectivity index (χ0v) is 20.7. The van der Waals surface area contributed by atoms with Gasteiger partial charge in [0.05, 0.1) is 5.56 Å². The number of rotatable bonds is 5. The van der Waals surface area contributed by atoms with Crippen LogP contribution in [0.25, 0.3) is 6.08 Å². The summed E-state index contributed by atoms with van der Waals surface area (Å²) in [6.45, 7) is 6.67. The van der Waals surface area contributed by atoms with Crippen LogP contribution in [0.4, 0.5) is 22.0 Å². The first-order valence-electron chi connectivity index (χ1n) is 11.3. The Hall–Kier alpha value is -4.21. The predicted molar refractivity (Wildman–Crippen MR) is 127 cm³/mol. The summed E-state index contributed by atoms with van der Waals surface area (Å²) in [5.41, 5.74) is 2.50. The van der Waals surface area contributed by atoms with Crippen molar-refractivity contribution in [2.75, 3.05) is 6.61 Å². The number of fused-ring (bicyclic) bond motifs is 1. The lowest BCUT2D eigenvalue weighted by molar-refractivity contribution is -0.136. The van der Waals surface area contributed by atoms with Gasteiger partial charge in [0, 0.05) is 6.07 Å². The molecule has 0 aromatic heterocycles. The Morgan fingerprint density at radius 3 is 2.08 bits per heavy atom. The molecule has 1 aliphatic heterocycles. The molecule has 10 heteroatoms. The van der Waals surface area contributed by atoms with Crippen molar-refractivity contribution in [2.24, 2.45) is 0 Å². The zero-order valence-electron chi connectivity index (χ0n) is 20.7. The molecule has 0 amide bonds. The normalized spacial score (nSPS) is 13.9. The van der Waals surface area contributed by atoms with Gasteiger partial charge >= 0.3 is 5.97 Å². The molecule has 5 nitrogen and oxygen atoms in total. The van der Waals surface area contributed by atoms with E-state index in [1.165, 1.54) is 12.1 Å². The molecule has 3 aromatic rings. The molecule has 0 aliphatic carbocycles. The number of halogens is 5. The predicted octanol–water partition coefficient (Wildman–Crippen LogP) is 6.59. The molecule has 0 atom stereocenters. The maximum Gasteiger partial charge on any atom is 0.349 e. The standard InChI is InChI=1S/C28H21F5O5/c1-13-9-16(37-19(34)12-36-27-24(32)22(30)21(29)23(31)25(27)33)11-17-20(13)26(35)18(38-17)10-14-5-7-15(8-6-14)28(2,3)4/h5-11H,12H2,1-4H3/b18-10-. The van der Waals surface area contributed by atoms with E-state index in [9.17, 15) is 31.5 Å². The maximum absolute atomic E-state index is 13.7. The number of esters is 1. The van der Waals surface area contributed by atoms with Crippen LogP contribution in [0.1, 0.15) is 47.8 Å². The summed E-state index contributed by atoms with van der Waals surface area (Å²) < 4.78 is 82.5. The molecular formula is C28H21F5O5. The van der Waals surface area contributed by atoms with Gasteiger partial charge in [-0.25, -0.2) is 18.0 Å². The number of aryl methyl sites for hydroxylation is 1. The molecule has 38 heavy (non-hydrogen) atoms. The fraction of sp³-hybridized carbons (Fsp3) is 0.214. The Morgan fingerprint density at radius 1 is 0.921 bits per heavy atom. The minimum Gasteiger partial charge on any atom is -0.476 e. The molecule has 1 heterocycles. The number of Topliss-reactive ketones (excluding diaryl/α,β-unsaturated/α-hetero) is 1. The van der Waals surface area contributed by atoms with E-state index in [0.29, 0.717) is 5.56 Å². The smallest absolute Gasteiger partial charge is 0.349 e. The summed E-state index contributed by atoms with van der Waals surface area (Å²) in [6, 6.07) is 10.2. The van der Waals surface area contributed by atoms with Gasteiger partial charge in [-0.3, -0.25) is 4.79 Å². The van der Waals surface area contributed by atoms with Crippen LogP contribution < -0.4 is 14.2 Å². The van der Waals surface area contributed by atoms with E-state index in [1.807, 2.05) is 24.3 Å². The van der Waals surface area contributed by atoms with Gasteiger partial charge in [-0.1, -0.05) is 45.0 Å².